The van der Waals surface area contributed by atoms with Crippen LogP contribution < -0.4 is 11.0 Å². The number of hydrogen-bond acceptors (Lipinski definition) is 3. The maximum atomic E-state index is 13.0. The first-order chi connectivity index (χ1) is 15.2. The number of rotatable bonds is 5. The molecule has 0 radical (unpaired) electrons. The summed E-state index contributed by atoms with van der Waals surface area (Å²) < 4.78 is 3.33. The van der Waals surface area contributed by atoms with E-state index >= 15 is 0 Å². The molecule has 1 N–H and O–H groups in total. The van der Waals surface area contributed by atoms with Crippen molar-refractivity contribution in [3.63, 3.8) is 0 Å². The minimum atomic E-state index is -0.0872. The molecule has 0 spiro atoms. The predicted molar refractivity (Wildman–Crippen MR) is 118 cm³/mol. The first kappa shape index (κ1) is 19.6. The second-order valence-electron chi connectivity index (χ2n) is 8.42. The molecule has 2 bridgehead atoms. The topological polar surface area (TPSA) is 72.2 Å². The van der Waals surface area contributed by atoms with Crippen LogP contribution in [0.4, 0.5) is 4.79 Å². The second-order valence-corrected chi connectivity index (χ2v) is 8.42. The zero-order chi connectivity index (χ0) is 21.2. The molecule has 1 saturated heterocycles. The Bertz CT molecular complexity index is 1110. The molecule has 3 heterocycles. The summed E-state index contributed by atoms with van der Waals surface area (Å²) in [7, 11) is 0. The van der Waals surface area contributed by atoms with Crippen LogP contribution in [0.25, 0.3) is 0 Å². The minimum Gasteiger partial charge on any atom is -0.338 e. The summed E-state index contributed by atoms with van der Waals surface area (Å²) in [5.41, 5.74) is 2.18. The van der Waals surface area contributed by atoms with Crippen molar-refractivity contribution >= 4 is 6.03 Å². The lowest BCUT2D eigenvalue weighted by atomic mass is 10.1. The summed E-state index contributed by atoms with van der Waals surface area (Å²) in [5, 5.41) is 7.71. The Morgan fingerprint density at radius 1 is 0.968 bits per heavy atom. The van der Waals surface area contributed by atoms with Crippen LogP contribution in [0.2, 0.25) is 0 Å². The molecule has 0 saturated carbocycles. The van der Waals surface area contributed by atoms with Gasteiger partial charge in [0.05, 0.1) is 12.6 Å². The largest absolute Gasteiger partial charge is 0.346 e. The number of benzene rings is 2. The van der Waals surface area contributed by atoms with E-state index in [2.05, 4.69) is 22.5 Å². The van der Waals surface area contributed by atoms with Crippen LogP contribution >= 0.6 is 0 Å². The molecule has 2 aliphatic heterocycles. The molecular formula is C24H27N5O2. The van der Waals surface area contributed by atoms with Crippen LogP contribution in [0.3, 0.4) is 0 Å². The molecule has 31 heavy (non-hydrogen) atoms. The van der Waals surface area contributed by atoms with Crippen molar-refractivity contribution in [2.45, 2.75) is 50.9 Å². The molecule has 2 amide bonds. The van der Waals surface area contributed by atoms with E-state index in [1.165, 1.54) is 5.56 Å². The number of aromatic nitrogens is 3. The van der Waals surface area contributed by atoms with E-state index < -0.39 is 0 Å². The molecule has 7 nitrogen and oxygen atoms in total. The fourth-order valence-corrected chi connectivity index (χ4v) is 4.82. The Labute approximate surface area is 181 Å². The number of urea groups is 1. The van der Waals surface area contributed by atoms with Gasteiger partial charge in [-0.05, 0) is 30.4 Å². The Morgan fingerprint density at radius 2 is 1.65 bits per heavy atom. The summed E-state index contributed by atoms with van der Waals surface area (Å²) in [6, 6.07) is 20.2. The smallest absolute Gasteiger partial charge is 0.338 e. The molecule has 7 heteroatoms. The third-order valence-corrected chi connectivity index (χ3v) is 6.37. The van der Waals surface area contributed by atoms with Crippen molar-refractivity contribution < 1.29 is 4.79 Å². The van der Waals surface area contributed by atoms with Crippen LogP contribution in [-0.2, 0) is 25.9 Å². The molecule has 0 aliphatic carbocycles. The van der Waals surface area contributed by atoms with Gasteiger partial charge in [0.15, 0.2) is 0 Å². The van der Waals surface area contributed by atoms with Gasteiger partial charge in [0.25, 0.3) is 0 Å². The van der Waals surface area contributed by atoms with Crippen molar-refractivity contribution in [3.8, 4) is 0 Å². The average molecular weight is 418 g/mol. The third kappa shape index (κ3) is 4.00. The van der Waals surface area contributed by atoms with Crippen molar-refractivity contribution in [2.75, 3.05) is 6.54 Å². The molecule has 1 fully saturated rings. The van der Waals surface area contributed by atoms with E-state index in [1.54, 1.807) is 9.25 Å². The summed E-state index contributed by atoms with van der Waals surface area (Å²) >= 11 is 0. The summed E-state index contributed by atoms with van der Waals surface area (Å²) in [5.74, 6) is 0.787. The highest BCUT2D eigenvalue weighted by Crippen LogP contribution is 2.30. The molecule has 2 atom stereocenters. The van der Waals surface area contributed by atoms with Gasteiger partial charge in [0, 0.05) is 25.6 Å². The van der Waals surface area contributed by atoms with Crippen LogP contribution in [0.5, 0.6) is 0 Å². The maximum Gasteiger partial charge on any atom is 0.346 e. The Morgan fingerprint density at radius 3 is 2.39 bits per heavy atom. The van der Waals surface area contributed by atoms with Gasteiger partial charge < -0.3 is 10.2 Å². The van der Waals surface area contributed by atoms with Crippen molar-refractivity contribution in [2.24, 2.45) is 0 Å². The number of fused-ring (bicyclic) bond motifs is 3. The predicted octanol–water partition coefficient (Wildman–Crippen LogP) is 2.43. The van der Waals surface area contributed by atoms with E-state index in [0.29, 0.717) is 26.1 Å². The van der Waals surface area contributed by atoms with Gasteiger partial charge >= 0.3 is 11.7 Å². The fraction of sp³-hybridized carbons (Fsp3) is 0.375. The monoisotopic (exact) mass is 417 g/mol. The first-order valence-electron chi connectivity index (χ1n) is 11.0. The number of amides is 2. The number of nitrogens with one attached hydrogen (secondary N) is 1. The first-order valence-corrected chi connectivity index (χ1v) is 11.0. The quantitative estimate of drug-likeness (QED) is 0.693. The van der Waals surface area contributed by atoms with Crippen molar-refractivity contribution in [1.29, 1.82) is 0 Å². The van der Waals surface area contributed by atoms with Crippen molar-refractivity contribution in [3.05, 3.63) is 88.1 Å². The SMILES string of the molecule is O=C(NCCc1ccccc1)N1[C@@H]2CC[C@H]1Cc1nn(Cc3ccccc3)c(=O)n1C2. The zero-order valence-corrected chi connectivity index (χ0v) is 17.5. The minimum absolute atomic E-state index is 0.0289. The standard InChI is InChI=1S/C24H27N5O2/c30-23(25-14-13-18-7-3-1-4-8-18)29-20-11-12-21(29)17-27-22(15-20)26-28(24(27)31)16-19-9-5-2-6-10-19/h1-10,20-21H,11-17H2,(H,25,30)/t20-,21+/m0/s1. The van der Waals surface area contributed by atoms with E-state index in [9.17, 15) is 9.59 Å². The summed E-state index contributed by atoms with van der Waals surface area (Å²) in [6.07, 6.45) is 3.31. The van der Waals surface area contributed by atoms with Crippen LogP contribution in [0.15, 0.2) is 65.5 Å². The second kappa shape index (κ2) is 8.41. The molecule has 2 aliphatic rings. The van der Waals surface area contributed by atoms with Gasteiger partial charge in [-0.15, -0.1) is 0 Å². The number of nitrogens with zero attached hydrogens (tertiary/aromatic N) is 4. The number of carbonyl (C=O) groups excluding carboxylic acids is 1. The molecule has 3 aromatic rings. The molecule has 1 aromatic heterocycles. The van der Waals surface area contributed by atoms with Gasteiger partial charge in [-0.3, -0.25) is 4.57 Å². The maximum absolute atomic E-state index is 13.0. The molecule has 2 aromatic carbocycles. The molecule has 5 rings (SSSR count). The van der Waals surface area contributed by atoms with Gasteiger partial charge in [0.2, 0.25) is 0 Å². The van der Waals surface area contributed by atoms with E-state index in [-0.39, 0.29) is 23.8 Å². The summed E-state index contributed by atoms with van der Waals surface area (Å²) in [6.45, 7) is 1.59. The zero-order valence-electron chi connectivity index (χ0n) is 17.5. The molecular weight excluding hydrogens is 390 g/mol. The van der Waals surface area contributed by atoms with E-state index in [1.807, 2.05) is 53.4 Å². The third-order valence-electron chi connectivity index (χ3n) is 6.37. The Hall–Kier alpha value is -3.35. The molecule has 160 valence electrons. The Kier molecular flexibility index (Phi) is 5.32. The molecule has 0 unspecified atom stereocenters. The highest BCUT2D eigenvalue weighted by atomic mass is 16.2. The lowest BCUT2D eigenvalue weighted by Gasteiger charge is -2.28. The number of carbonyl (C=O) groups is 1. The normalized spacial score (nSPS) is 19.7. The van der Waals surface area contributed by atoms with Crippen LogP contribution in [0.1, 0.15) is 29.8 Å². The highest BCUT2D eigenvalue weighted by Gasteiger charge is 2.41. The van der Waals surface area contributed by atoms with Gasteiger partial charge in [-0.25, -0.2) is 14.3 Å². The fourth-order valence-electron chi connectivity index (χ4n) is 4.82. The number of hydrogen-bond donors (Lipinski definition) is 1. The van der Waals surface area contributed by atoms with Gasteiger partial charge in [-0.1, -0.05) is 60.7 Å². The van der Waals surface area contributed by atoms with Gasteiger partial charge in [-0.2, -0.15) is 5.10 Å². The van der Waals surface area contributed by atoms with Gasteiger partial charge in [0.1, 0.15) is 5.82 Å². The average Bonchev–Trinajstić information content (AvgIpc) is 3.25. The lowest BCUT2D eigenvalue weighted by molar-refractivity contribution is 0.171. The van der Waals surface area contributed by atoms with E-state index in [0.717, 1.165) is 30.7 Å². The Balaban J connectivity index is 1.27. The lowest BCUT2D eigenvalue weighted by Crippen LogP contribution is -2.48. The van der Waals surface area contributed by atoms with Crippen molar-refractivity contribution in [1.82, 2.24) is 24.6 Å². The van der Waals surface area contributed by atoms with E-state index in [4.69, 9.17) is 0 Å². The highest BCUT2D eigenvalue weighted by molar-refractivity contribution is 5.75. The summed E-state index contributed by atoms with van der Waals surface area (Å²) in [4.78, 5) is 27.9. The van der Waals surface area contributed by atoms with Crippen LogP contribution in [-0.4, -0.2) is 43.9 Å². The van der Waals surface area contributed by atoms with Crippen LogP contribution in [0, 0.1) is 0 Å².